The normalized spacial score (nSPS) is 10.7. The molecule has 0 saturated carbocycles. The number of hydrogen-bond acceptors (Lipinski definition) is 3. The number of fused-ring (bicyclic) bond motifs is 1. The maximum absolute atomic E-state index is 12.0. The minimum atomic E-state index is -0.154. The summed E-state index contributed by atoms with van der Waals surface area (Å²) in [6, 6.07) is 0.217. The van der Waals surface area contributed by atoms with Gasteiger partial charge in [-0.2, -0.15) is 0 Å². The molecule has 0 bridgehead atoms. The van der Waals surface area contributed by atoms with E-state index in [-0.39, 0.29) is 18.1 Å². The van der Waals surface area contributed by atoms with Crippen LogP contribution >= 0.6 is 0 Å². The summed E-state index contributed by atoms with van der Waals surface area (Å²) in [4.78, 5) is 19.1. The van der Waals surface area contributed by atoms with Crippen LogP contribution < -0.4 is 11.3 Å². The zero-order chi connectivity index (χ0) is 13.3. The summed E-state index contributed by atoms with van der Waals surface area (Å²) in [6.07, 6.45) is 1.86. The maximum Gasteiger partial charge on any atom is 0.261 e. The molecule has 0 atom stereocenters. The third kappa shape index (κ3) is 2.03. The van der Waals surface area contributed by atoms with Crippen molar-refractivity contribution >= 4 is 11.0 Å². The van der Waals surface area contributed by atoms with E-state index in [4.69, 9.17) is 5.73 Å². The molecular weight excluding hydrogens is 228 g/mol. The van der Waals surface area contributed by atoms with Crippen LogP contribution in [0.5, 0.6) is 0 Å². The van der Waals surface area contributed by atoms with Crippen LogP contribution in [0.4, 0.5) is 0 Å². The Labute approximate surface area is 105 Å². The lowest BCUT2D eigenvalue weighted by Gasteiger charge is -2.07. The number of nitrogens with one attached hydrogen (secondary N) is 1. The largest absolute Gasteiger partial charge is 0.328 e. The van der Waals surface area contributed by atoms with Gasteiger partial charge in [-0.15, -0.1) is 0 Å². The minimum absolute atomic E-state index is 0.154. The van der Waals surface area contributed by atoms with E-state index in [0.717, 1.165) is 0 Å². The van der Waals surface area contributed by atoms with Gasteiger partial charge in [0.05, 0.1) is 17.5 Å². The van der Waals surface area contributed by atoms with Gasteiger partial charge in [-0.1, -0.05) is 11.8 Å². The number of nitrogens with zero attached hydrogens (tertiary/aromatic N) is 2. The Kier molecular flexibility index (Phi) is 3.21. The highest BCUT2D eigenvalue weighted by atomic mass is 16.1. The van der Waals surface area contributed by atoms with Crippen LogP contribution in [0.2, 0.25) is 0 Å². The minimum Gasteiger partial charge on any atom is -0.328 e. The number of H-pyrrole nitrogens is 1. The van der Waals surface area contributed by atoms with Gasteiger partial charge in [0.15, 0.2) is 0 Å². The fourth-order valence-corrected chi connectivity index (χ4v) is 1.90. The first-order valence-electron chi connectivity index (χ1n) is 5.85. The molecule has 2 heterocycles. The van der Waals surface area contributed by atoms with Crippen LogP contribution in [0.25, 0.3) is 11.0 Å². The van der Waals surface area contributed by atoms with Crippen molar-refractivity contribution in [2.75, 3.05) is 6.54 Å². The molecule has 0 aromatic carbocycles. The Balaban J connectivity index is 2.85. The molecule has 0 unspecified atom stereocenters. The fraction of sp³-hybridized carbons (Fsp3) is 0.385. The second kappa shape index (κ2) is 4.67. The van der Waals surface area contributed by atoms with E-state index in [1.54, 1.807) is 6.92 Å². The van der Waals surface area contributed by atoms with Gasteiger partial charge in [-0.25, -0.2) is 4.98 Å². The molecule has 0 spiro atoms. The van der Waals surface area contributed by atoms with E-state index < -0.39 is 0 Å². The summed E-state index contributed by atoms with van der Waals surface area (Å²) in [5, 5.41) is 0.537. The van der Waals surface area contributed by atoms with Crippen molar-refractivity contribution in [3.8, 4) is 11.8 Å². The predicted octanol–water partition coefficient (Wildman–Crippen LogP) is 0.924. The Morgan fingerprint density at radius 1 is 1.56 bits per heavy atom. The molecule has 0 aliphatic carbocycles. The third-order valence-electron chi connectivity index (χ3n) is 2.68. The zero-order valence-electron chi connectivity index (χ0n) is 10.7. The average molecular weight is 244 g/mol. The predicted molar refractivity (Wildman–Crippen MR) is 71.4 cm³/mol. The number of aromatic amines is 1. The Hall–Kier alpha value is -2.06. The van der Waals surface area contributed by atoms with E-state index in [1.165, 1.54) is 0 Å². The molecule has 18 heavy (non-hydrogen) atoms. The molecule has 0 amide bonds. The molecule has 2 rings (SSSR count). The molecule has 5 heteroatoms. The molecule has 0 aliphatic rings. The van der Waals surface area contributed by atoms with Crippen LogP contribution in [0, 0.1) is 18.8 Å². The monoisotopic (exact) mass is 244 g/mol. The summed E-state index contributed by atoms with van der Waals surface area (Å²) in [5.41, 5.74) is 6.57. The molecular formula is C13H16N4O. The van der Waals surface area contributed by atoms with Crippen molar-refractivity contribution in [1.82, 2.24) is 14.5 Å². The lowest BCUT2D eigenvalue weighted by Crippen LogP contribution is -2.11. The summed E-state index contributed by atoms with van der Waals surface area (Å²) in [5.74, 6) is 6.30. The van der Waals surface area contributed by atoms with Crippen LogP contribution in [0.1, 0.15) is 31.3 Å². The van der Waals surface area contributed by atoms with Crippen molar-refractivity contribution in [3.63, 3.8) is 0 Å². The standard InChI is InChI=1S/C13H16N4O/c1-8(2)17-7-10(5-4-6-14)11-12(17)15-9(3)16-13(11)18/h7-8H,6,14H2,1-3H3,(H,15,16,18). The maximum atomic E-state index is 12.0. The second-order valence-electron chi connectivity index (χ2n) is 4.40. The first kappa shape index (κ1) is 12.4. The van der Waals surface area contributed by atoms with Crippen molar-refractivity contribution < 1.29 is 0 Å². The molecule has 2 aromatic heterocycles. The Morgan fingerprint density at radius 2 is 2.28 bits per heavy atom. The van der Waals surface area contributed by atoms with Crippen LogP contribution in [-0.2, 0) is 0 Å². The number of hydrogen-bond donors (Lipinski definition) is 2. The van der Waals surface area contributed by atoms with Gasteiger partial charge in [0.1, 0.15) is 11.5 Å². The highest BCUT2D eigenvalue weighted by Crippen LogP contribution is 2.19. The molecule has 0 fully saturated rings. The van der Waals surface area contributed by atoms with Crippen LogP contribution in [0.3, 0.4) is 0 Å². The second-order valence-corrected chi connectivity index (χ2v) is 4.40. The van der Waals surface area contributed by atoms with Crippen LogP contribution in [0.15, 0.2) is 11.0 Å². The molecule has 3 N–H and O–H groups in total. The van der Waals surface area contributed by atoms with Crippen molar-refractivity contribution in [2.45, 2.75) is 26.8 Å². The molecule has 0 saturated heterocycles. The van der Waals surface area contributed by atoms with Gasteiger partial charge in [0.25, 0.3) is 5.56 Å². The fourth-order valence-electron chi connectivity index (χ4n) is 1.90. The first-order valence-corrected chi connectivity index (χ1v) is 5.85. The summed E-state index contributed by atoms with van der Waals surface area (Å²) in [7, 11) is 0. The third-order valence-corrected chi connectivity index (χ3v) is 2.68. The number of aryl methyl sites for hydroxylation is 1. The van der Waals surface area contributed by atoms with E-state index in [1.807, 2.05) is 24.6 Å². The van der Waals surface area contributed by atoms with Gasteiger partial charge in [-0.3, -0.25) is 4.79 Å². The zero-order valence-corrected chi connectivity index (χ0v) is 10.7. The van der Waals surface area contributed by atoms with Crippen molar-refractivity contribution in [3.05, 3.63) is 27.9 Å². The van der Waals surface area contributed by atoms with Crippen LogP contribution in [-0.4, -0.2) is 21.1 Å². The van der Waals surface area contributed by atoms with Gasteiger partial charge < -0.3 is 15.3 Å². The van der Waals surface area contributed by atoms with Crippen molar-refractivity contribution in [1.29, 1.82) is 0 Å². The van der Waals surface area contributed by atoms with Gasteiger partial charge in [-0.05, 0) is 20.8 Å². The lowest BCUT2D eigenvalue weighted by molar-refractivity contribution is 0.616. The summed E-state index contributed by atoms with van der Waals surface area (Å²) >= 11 is 0. The number of rotatable bonds is 1. The number of nitrogens with two attached hydrogens (primary N) is 1. The average Bonchev–Trinajstić information content (AvgIpc) is 2.65. The number of aromatic nitrogens is 3. The Morgan fingerprint density at radius 3 is 2.89 bits per heavy atom. The summed E-state index contributed by atoms with van der Waals surface area (Å²) in [6.45, 7) is 6.12. The molecule has 5 nitrogen and oxygen atoms in total. The molecule has 0 aliphatic heterocycles. The summed E-state index contributed by atoms with van der Waals surface area (Å²) < 4.78 is 1.96. The van der Waals surface area contributed by atoms with Crippen molar-refractivity contribution in [2.24, 2.45) is 5.73 Å². The van der Waals surface area contributed by atoms with E-state index in [0.29, 0.717) is 22.4 Å². The highest BCUT2D eigenvalue weighted by Gasteiger charge is 2.14. The topological polar surface area (TPSA) is 76.7 Å². The van der Waals surface area contributed by atoms with Gasteiger partial charge in [0.2, 0.25) is 0 Å². The SMILES string of the molecule is Cc1nc2c(c(C#CCN)cn2C(C)C)c(=O)[nH]1. The smallest absolute Gasteiger partial charge is 0.261 e. The van der Waals surface area contributed by atoms with Gasteiger partial charge in [0, 0.05) is 12.2 Å². The quantitative estimate of drug-likeness (QED) is 0.732. The van der Waals surface area contributed by atoms with E-state index in [9.17, 15) is 4.79 Å². The van der Waals surface area contributed by atoms with E-state index >= 15 is 0 Å². The van der Waals surface area contributed by atoms with Gasteiger partial charge >= 0.3 is 0 Å². The van der Waals surface area contributed by atoms with E-state index in [2.05, 4.69) is 21.8 Å². The molecule has 0 radical (unpaired) electrons. The molecule has 2 aromatic rings. The Bertz CT molecular complexity index is 697. The highest BCUT2D eigenvalue weighted by molar-refractivity contribution is 5.83. The molecule has 94 valence electrons. The lowest BCUT2D eigenvalue weighted by atomic mass is 10.2. The first-order chi connectivity index (χ1) is 8.54.